The first-order valence-corrected chi connectivity index (χ1v) is 11.1. The Hall–Kier alpha value is -4.87. The van der Waals surface area contributed by atoms with E-state index in [1.807, 2.05) is 24.3 Å². The van der Waals surface area contributed by atoms with Crippen LogP contribution < -0.4 is 15.4 Å². The molecule has 0 bridgehead atoms. The second-order valence-electron chi connectivity index (χ2n) is 7.81. The highest BCUT2D eigenvalue weighted by atomic mass is 19.1. The molecule has 182 valence electrons. The largest absolute Gasteiger partial charge is 0.494 e. The average molecular weight is 487 g/mol. The molecule has 0 saturated carbocycles. The molecule has 5 rings (SSSR count). The van der Waals surface area contributed by atoms with Crippen molar-refractivity contribution in [2.24, 2.45) is 0 Å². The molecule has 2 N–H and O–H groups in total. The SMILES string of the molecule is COc1ccc(-n2ncnc2CNC(=O)NCc2ncnn2Cc2ccc3ncccc3c2)cc1F. The van der Waals surface area contributed by atoms with Crippen molar-refractivity contribution in [3.63, 3.8) is 0 Å². The lowest BCUT2D eigenvalue weighted by atomic mass is 10.1. The van der Waals surface area contributed by atoms with E-state index in [9.17, 15) is 9.18 Å². The van der Waals surface area contributed by atoms with Crippen LogP contribution in [0.5, 0.6) is 5.75 Å². The van der Waals surface area contributed by atoms with Gasteiger partial charge in [-0.25, -0.2) is 28.5 Å². The Morgan fingerprint density at radius 3 is 2.61 bits per heavy atom. The summed E-state index contributed by atoms with van der Waals surface area (Å²) in [7, 11) is 1.39. The first kappa shape index (κ1) is 22.9. The molecule has 0 aliphatic rings. The summed E-state index contributed by atoms with van der Waals surface area (Å²) in [6, 6.07) is 13.9. The third-order valence-electron chi connectivity index (χ3n) is 5.51. The number of nitrogens with zero attached hydrogens (tertiary/aromatic N) is 7. The van der Waals surface area contributed by atoms with E-state index in [1.54, 1.807) is 16.9 Å². The number of fused-ring (bicyclic) bond motifs is 1. The smallest absolute Gasteiger partial charge is 0.315 e. The van der Waals surface area contributed by atoms with E-state index < -0.39 is 11.8 Å². The number of nitrogens with one attached hydrogen (secondary N) is 2. The number of carbonyl (C=O) groups excluding carboxylic acids is 1. The maximum atomic E-state index is 14.1. The quantitative estimate of drug-likeness (QED) is 0.345. The molecule has 3 heterocycles. The molecule has 0 atom stereocenters. The van der Waals surface area contributed by atoms with Gasteiger partial charge in [-0.05, 0) is 35.9 Å². The average Bonchev–Trinajstić information content (AvgIpc) is 3.55. The van der Waals surface area contributed by atoms with Gasteiger partial charge in [0.15, 0.2) is 17.4 Å². The maximum absolute atomic E-state index is 14.1. The number of hydrogen-bond donors (Lipinski definition) is 2. The van der Waals surface area contributed by atoms with Crippen LogP contribution in [0.4, 0.5) is 9.18 Å². The van der Waals surface area contributed by atoms with Crippen molar-refractivity contribution in [2.75, 3.05) is 7.11 Å². The number of halogens is 1. The molecule has 2 aromatic carbocycles. The molecule has 11 nitrogen and oxygen atoms in total. The van der Waals surface area contributed by atoms with Gasteiger partial charge in [0.1, 0.15) is 18.5 Å². The molecular weight excluding hydrogens is 465 g/mol. The number of amides is 2. The lowest BCUT2D eigenvalue weighted by molar-refractivity contribution is 0.239. The summed E-state index contributed by atoms with van der Waals surface area (Å²) in [6.07, 6.45) is 4.55. The highest BCUT2D eigenvalue weighted by Crippen LogP contribution is 2.20. The van der Waals surface area contributed by atoms with Gasteiger partial charge in [0.05, 0.1) is 37.9 Å². The summed E-state index contributed by atoms with van der Waals surface area (Å²) in [6.45, 7) is 0.764. The zero-order chi connectivity index (χ0) is 24.9. The van der Waals surface area contributed by atoms with Gasteiger partial charge >= 0.3 is 6.03 Å². The van der Waals surface area contributed by atoms with E-state index in [4.69, 9.17) is 4.74 Å². The highest BCUT2D eigenvalue weighted by molar-refractivity contribution is 5.78. The molecule has 0 saturated heterocycles. The third kappa shape index (κ3) is 4.97. The summed E-state index contributed by atoms with van der Waals surface area (Å²) in [5.41, 5.74) is 2.42. The summed E-state index contributed by atoms with van der Waals surface area (Å²) >= 11 is 0. The molecule has 3 aromatic heterocycles. The second kappa shape index (κ2) is 10.2. The Morgan fingerprint density at radius 2 is 1.78 bits per heavy atom. The zero-order valence-corrected chi connectivity index (χ0v) is 19.3. The molecule has 0 radical (unpaired) electrons. The molecule has 0 aliphatic carbocycles. The molecule has 0 spiro atoms. The predicted octanol–water partition coefficient (Wildman–Crippen LogP) is 2.60. The first-order chi connectivity index (χ1) is 17.6. The van der Waals surface area contributed by atoms with Gasteiger partial charge in [-0.2, -0.15) is 10.2 Å². The molecule has 12 heteroatoms. The van der Waals surface area contributed by atoms with Crippen molar-refractivity contribution in [3.8, 4) is 11.4 Å². The number of methoxy groups -OCH3 is 1. The molecule has 2 amide bonds. The fraction of sp³-hybridized carbons (Fsp3) is 0.167. The monoisotopic (exact) mass is 487 g/mol. The Balaban J connectivity index is 1.18. The van der Waals surface area contributed by atoms with Crippen LogP contribution in [0.25, 0.3) is 16.6 Å². The fourth-order valence-corrected chi connectivity index (χ4v) is 3.72. The predicted molar refractivity (Wildman–Crippen MR) is 128 cm³/mol. The number of rotatable bonds is 8. The van der Waals surface area contributed by atoms with Gasteiger partial charge in [-0.1, -0.05) is 12.1 Å². The van der Waals surface area contributed by atoms with Gasteiger partial charge < -0.3 is 15.4 Å². The van der Waals surface area contributed by atoms with Crippen LogP contribution in [0, 0.1) is 5.82 Å². The standard InChI is InChI=1S/C24H22FN9O2/c1-36-21-7-5-18(10-19(21)25)34-23(30-15-32-34)12-28-24(35)27-11-22-29-14-31-33(22)13-16-4-6-20-17(9-16)3-2-8-26-20/h2-10,14-15H,11-13H2,1H3,(H2,27,28,35). The Kier molecular flexibility index (Phi) is 6.47. The van der Waals surface area contributed by atoms with Gasteiger partial charge in [-0.3, -0.25) is 4.98 Å². The topological polar surface area (TPSA) is 125 Å². The Bertz CT molecular complexity index is 1510. The minimum atomic E-state index is -0.522. The van der Waals surface area contributed by atoms with E-state index in [0.717, 1.165) is 16.5 Å². The number of benzene rings is 2. The van der Waals surface area contributed by atoms with E-state index >= 15 is 0 Å². The molecule has 36 heavy (non-hydrogen) atoms. The summed E-state index contributed by atoms with van der Waals surface area (Å²) in [4.78, 5) is 25.2. The van der Waals surface area contributed by atoms with Crippen molar-refractivity contribution in [1.29, 1.82) is 0 Å². The minimum Gasteiger partial charge on any atom is -0.494 e. The van der Waals surface area contributed by atoms with Gasteiger partial charge in [0.2, 0.25) is 0 Å². The first-order valence-electron chi connectivity index (χ1n) is 11.1. The maximum Gasteiger partial charge on any atom is 0.315 e. The summed E-state index contributed by atoms with van der Waals surface area (Å²) in [5.74, 6) is 0.645. The number of pyridine rings is 1. The summed E-state index contributed by atoms with van der Waals surface area (Å²) < 4.78 is 22.2. The lowest BCUT2D eigenvalue weighted by Crippen LogP contribution is -2.36. The van der Waals surface area contributed by atoms with Crippen LogP contribution in [-0.4, -0.2) is 47.7 Å². The van der Waals surface area contributed by atoms with Crippen LogP contribution in [0.1, 0.15) is 17.2 Å². The van der Waals surface area contributed by atoms with E-state index in [2.05, 4.69) is 41.8 Å². The van der Waals surface area contributed by atoms with Crippen molar-refractivity contribution in [3.05, 3.63) is 90.4 Å². The number of hydrogen-bond acceptors (Lipinski definition) is 7. The van der Waals surface area contributed by atoms with Crippen molar-refractivity contribution in [1.82, 2.24) is 45.1 Å². The molecular formula is C24H22FN9O2. The van der Waals surface area contributed by atoms with Crippen LogP contribution in [-0.2, 0) is 19.6 Å². The van der Waals surface area contributed by atoms with Gasteiger partial charge in [0.25, 0.3) is 0 Å². The lowest BCUT2D eigenvalue weighted by Gasteiger charge is -2.10. The van der Waals surface area contributed by atoms with Crippen LogP contribution in [0.2, 0.25) is 0 Å². The van der Waals surface area contributed by atoms with Crippen molar-refractivity contribution < 1.29 is 13.9 Å². The summed E-state index contributed by atoms with van der Waals surface area (Å²) in [5, 5.41) is 14.9. The Labute approximate surface area is 205 Å². The molecule has 0 fully saturated rings. The Morgan fingerprint density at radius 1 is 0.972 bits per heavy atom. The normalized spacial score (nSPS) is 10.9. The number of ether oxygens (including phenoxy) is 1. The molecule has 0 aliphatic heterocycles. The molecule has 5 aromatic rings. The number of aromatic nitrogens is 7. The van der Waals surface area contributed by atoms with Crippen molar-refractivity contribution in [2.45, 2.75) is 19.6 Å². The highest BCUT2D eigenvalue weighted by Gasteiger charge is 2.12. The van der Waals surface area contributed by atoms with Gasteiger partial charge in [0, 0.05) is 17.6 Å². The van der Waals surface area contributed by atoms with Crippen LogP contribution in [0.3, 0.4) is 0 Å². The number of carbonyl (C=O) groups is 1. The zero-order valence-electron chi connectivity index (χ0n) is 19.3. The van der Waals surface area contributed by atoms with Crippen molar-refractivity contribution >= 4 is 16.9 Å². The minimum absolute atomic E-state index is 0.0807. The van der Waals surface area contributed by atoms with Crippen LogP contribution in [0.15, 0.2) is 67.4 Å². The third-order valence-corrected chi connectivity index (χ3v) is 5.51. The van der Waals surface area contributed by atoms with Gasteiger partial charge in [-0.15, -0.1) is 0 Å². The fourth-order valence-electron chi connectivity index (χ4n) is 3.72. The molecule has 0 unspecified atom stereocenters. The van der Waals surface area contributed by atoms with E-state index in [0.29, 0.717) is 23.9 Å². The number of urea groups is 1. The van der Waals surface area contributed by atoms with Crippen LogP contribution >= 0.6 is 0 Å². The second-order valence-corrected chi connectivity index (χ2v) is 7.81. The van der Waals surface area contributed by atoms with E-state index in [-0.39, 0.29) is 18.8 Å². The van der Waals surface area contributed by atoms with E-state index in [1.165, 1.54) is 36.6 Å².